The Morgan fingerprint density at radius 1 is 1.11 bits per heavy atom. The fourth-order valence-electron chi connectivity index (χ4n) is 2.79. The van der Waals surface area contributed by atoms with Crippen molar-refractivity contribution in [1.82, 2.24) is 10.2 Å². The molecule has 0 amide bonds. The number of guanidine groups is 1. The number of aliphatic imine (C=N–C) groups is 1. The molecule has 28 heavy (non-hydrogen) atoms. The smallest absolute Gasteiger partial charge is 0.337 e. The molecule has 1 N–H and O–H groups in total. The van der Waals surface area contributed by atoms with Crippen molar-refractivity contribution in [2.24, 2.45) is 4.99 Å². The Hall–Kier alpha value is -2.29. The number of hydrogen-bond donors (Lipinski definition) is 1. The monoisotopic (exact) mass is 497 g/mol. The first-order valence-electron chi connectivity index (χ1n) is 8.80. The molecule has 0 aromatic heterocycles. The van der Waals surface area contributed by atoms with Gasteiger partial charge >= 0.3 is 5.97 Å². The number of esters is 1. The summed E-state index contributed by atoms with van der Waals surface area (Å²) < 4.78 is 10.1. The molecule has 2 aromatic rings. The average molecular weight is 497 g/mol. The first-order chi connectivity index (χ1) is 13.1. The highest BCUT2D eigenvalue weighted by Gasteiger charge is 2.10. The second-order valence-corrected chi connectivity index (χ2v) is 6.08. The molecule has 0 aliphatic heterocycles. The lowest BCUT2D eigenvalue weighted by atomic mass is 10.1. The number of halogens is 1. The Morgan fingerprint density at radius 2 is 1.79 bits per heavy atom. The Balaban J connectivity index is 0.00000392. The van der Waals surface area contributed by atoms with E-state index in [2.05, 4.69) is 15.2 Å². The number of nitrogens with zero attached hydrogens (tertiary/aromatic N) is 2. The van der Waals surface area contributed by atoms with Gasteiger partial charge < -0.3 is 19.7 Å². The number of methoxy groups -OCH3 is 2. The van der Waals surface area contributed by atoms with Gasteiger partial charge in [0.15, 0.2) is 5.96 Å². The van der Waals surface area contributed by atoms with Crippen LogP contribution in [0.3, 0.4) is 0 Å². The maximum atomic E-state index is 11.5. The van der Waals surface area contributed by atoms with Crippen LogP contribution >= 0.6 is 24.0 Å². The molecule has 0 radical (unpaired) electrons. The average Bonchev–Trinajstić information content (AvgIpc) is 2.71. The van der Waals surface area contributed by atoms with Gasteiger partial charge in [-0.25, -0.2) is 4.79 Å². The molecular formula is C21H28IN3O3. The van der Waals surface area contributed by atoms with E-state index in [1.165, 1.54) is 7.11 Å². The van der Waals surface area contributed by atoms with Gasteiger partial charge in [0.1, 0.15) is 5.75 Å². The van der Waals surface area contributed by atoms with E-state index in [1.807, 2.05) is 43.4 Å². The van der Waals surface area contributed by atoms with E-state index in [0.29, 0.717) is 12.1 Å². The van der Waals surface area contributed by atoms with Crippen molar-refractivity contribution in [3.63, 3.8) is 0 Å². The summed E-state index contributed by atoms with van der Waals surface area (Å²) in [4.78, 5) is 17.9. The van der Waals surface area contributed by atoms with Crippen LogP contribution in [0, 0.1) is 0 Å². The van der Waals surface area contributed by atoms with E-state index in [9.17, 15) is 4.79 Å². The molecule has 152 valence electrons. The number of carbonyl (C=O) groups is 1. The number of rotatable bonds is 7. The van der Waals surface area contributed by atoms with Crippen molar-refractivity contribution >= 4 is 35.9 Å². The van der Waals surface area contributed by atoms with Gasteiger partial charge in [-0.15, -0.1) is 24.0 Å². The number of hydrogen-bond acceptors (Lipinski definition) is 4. The second kappa shape index (κ2) is 12.2. The predicted molar refractivity (Wildman–Crippen MR) is 123 cm³/mol. The summed E-state index contributed by atoms with van der Waals surface area (Å²) in [6, 6.07) is 15.4. The zero-order chi connectivity index (χ0) is 19.6. The number of benzene rings is 2. The highest BCUT2D eigenvalue weighted by Crippen LogP contribution is 2.18. The molecule has 0 bridgehead atoms. The zero-order valence-electron chi connectivity index (χ0n) is 16.8. The van der Waals surface area contributed by atoms with E-state index >= 15 is 0 Å². The summed E-state index contributed by atoms with van der Waals surface area (Å²) in [5.74, 6) is 1.36. The van der Waals surface area contributed by atoms with Crippen molar-refractivity contribution in [2.45, 2.75) is 13.0 Å². The van der Waals surface area contributed by atoms with Gasteiger partial charge in [0.05, 0.1) is 19.8 Å². The number of para-hydroxylation sites is 1. The Morgan fingerprint density at radius 3 is 2.39 bits per heavy atom. The van der Waals surface area contributed by atoms with Crippen molar-refractivity contribution < 1.29 is 14.3 Å². The van der Waals surface area contributed by atoms with Gasteiger partial charge in [0.25, 0.3) is 0 Å². The van der Waals surface area contributed by atoms with Crippen LogP contribution in [0.4, 0.5) is 0 Å². The van der Waals surface area contributed by atoms with Crippen LogP contribution in [0.5, 0.6) is 5.75 Å². The first kappa shape index (κ1) is 23.7. The third-order valence-electron chi connectivity index (χ3n) is 4.25. The van der Waals surface area contributed by atoms with E-state index in [4.69, 9.17) is 9.47 Å². The molecule has 0 fully saturated rings. The summed E-state index contributed by atoms with van der Waals surface area (Å²) in [5.41, 5.74) is 2.79. The van der Waals surface area contributed by atoms with Crippen LogP contribution in [0.1, 0.15) is 21.5 Å². The molecule has 7 heteroatoms. The highest BCUT2D eigenvalue weighted by atomic mass is 127. The largest absolute Gasteiger partial charge is 0.496 e. The Bertz CT molecular complexity index is 779. The molecule has 2 rings (SSSR count). The molecule has 0 spiro atoms. The molecule has 2 aromatic carbocycles. The predicted octanol–water partition coefficient (Wildman–Crippen LogP) is 3.35. The normalized spacial score (nSPS) is 10.6. The SMILES string of the molecule is CN=C(NCCc1ccc(C(=O)OC)cc1)N(C)Cc1ccccc1OC.I. The standard InChI is InChI=1S/C21H27N3O3.HI/c1-22-21(24(2)15-18-7-5-6-8-19(18)26-3)23-14-13-16-9-11-17(12-10-16)20(25)27-4;/h5-12H,13-15H2,1-4H3,(H,22,23);1H. The molecule has 0 saturated heterocycles. The first-order valence-corrected chi connectivity index (χ1v) is 8.80. The van der Waals surface area contributed by atoms with Gasteiger partial charge in [-0.3, -0.25) is 4.99 Å². The maximum Gasteiger partial charge on any atom is 0.337 e. The minimum atomic E-state index is -0.321. The van der Waals surface area contributed by atoms with Crippen LogP contribution in [-0.2, 0) is 17.7 Å². The van der Waals surface area contributed by atoms with Crippen molar-refractivity contribution in [2.75, 3.05) is 34.9 Å². The Labute approximate surface area is 184 Å². The van der Waals surface area contributed by atoms with Crippen LogP contribution in [0.2, 0.25) is 0 Å². The topological polar surface area (TPSA) is 63.2 Å². The van der Waals surface area contributed by atoms with Crippen LogP contribution in [0.15, 0.2) is 53.5 Å². The van der Waals surface area contributed by atoms with Gasteiger partial charge in [-0.2, -0.15) is 0 Å². The number of nitrogens with one attached hydrogen (secondary N) is 1. The van der Waals surface area contributed by atoms with E-state index in [-0.39, 0.29) is 29.9 Å². The minimum Gasteiger partial charge on any atom is -0.496 e. The number of carbonyl (C=O) groups excluding carboxylic acids is 1. The molecular weight excluding hydrogens is 469 g/mol. The third-order valence-corrected chi connectivity index (χ3v) is 4.25. The van der Waals surface area contributed by atoms with Crippen LogP contribution < -0.4 is 10.1 Å². The molecule has 0 heterocycles. The summed E-state index contributed by atoms with van der Waals surface area (Å²) >= 11 is 0. The highest BCUT2D eigenvalue weighted by molar-refractivity contribution is 14.0. The van der Waals surface area contributed by atoms with Gasteiger partial charge in [0.2, 0.25) is 0 Å². The fourth-order valence-corrected chi connectivity index (χ4v) is 2.79. The zero-order valence-corrected chi connectivity index (χ0v) is 19.1. The van der Waals surface area contributed by atoms with Crippen molar-refractivity contribution in [3.8, 4) is 5.75 Å². The minimum absolute atomic E-state index is 0. The van der Waals surface area contributed by atoms with Gasteiger partial charge in [-0.1, -0.05) is 30.3 Å². The Kier molecular flexibility index (Phi) is 10.4. The second-order valence-electron chi connectivity index (χ2n) is 6.08. The van der Waals surface area contributed by atoms with E-state index in [1.54, 1.807) is 26.3 Å². The van der Waals surface area contributed by atoms with E-state index in [0.717, 1.165) is 35.8 Å². The van der Waals surface area contributed by atoms with Crippen LogP contribution in [-0.4, -0.2) is 51.7 Å². The van der Waals surface area contributed by atoms with Gasteiger partial charge in [-0.05, 0) is 30.2 Å². The quantitative estimate of drug-likeness (QED) is 0.275. The lowest BCUT2D eigenvalue weighted by Gasteiger charge is -2.23. The molecule has 0 atom stereocenters. The maximum absolute atomic E-state index is 11.5. The molecule has 0 aliphatic carbocycles. The lowest BCUT2D eigenvalue weighted by molar-refractivity contribution is 0.0600. The van der Waals surface area contributed by atoms with Crippen LogP contribution in [0.25, 0.3) is 0 Å². The summed E-state index contributed by atoms with van der Waals surface area (Å²) in [6.45, 7) is 1.43. The third kappa shape index (κ3) is 6.70. The van der Waals surface area contributed by atoms with Gasteiger partial charge in [0, 0.05) is 32.7 Å². The van der Waals surface area contributed by atoms with Crippen molar-refractivity contribution in [3.05, 3.63) is 65.2 Å². The lowest BCUT2D eigenvalue weighted by Crippen LogP contribution is -2.39. The fraction of sp³-hybridized carbons (Fsp3) is 0.333. The number of ether oxygens (including phenoxy) is 2. The summed E-state index contributed by atoms with van der Waals surface area (Å²) in [5, 5.41) is 3.37. The molecule has 0 aliphatic rings. The molecule has 0 unspecified atom stereocenters. The molecule has 6 nitrogen and oxygen atoms in total. The summed E-state index contributed by atoms with van der Waals surface area (Å²) in [7, 11) is 6.82. The molecule has 0 saturated carbocycles. The van der Waals surface area contributed by atoms with E-state index < -0.39 is 0 Å². The van der Waals surface area contributed by atoms with Crippen molar-refractivity contribution in [1.29, 1.82) is 0 Å². The summed E-state index contributed by atoms with van der Waals surface area (Å²) in [6.07, 6.45) is 0.822.